The van der Waals surface area contributed by atoms with E-state index in [0.29, 0.717) is 11.5 Å². The van der Waals surface area contributed by atoms with Crippen molar-refractivity contribution in [2.45, 2.75) is 17.9 Å². The van der Waals surface area contributed by atoms with Crippen molar-refractivity contribution in [1.82, 2.24) is 5.32 Å². The lowest BCUT2D eigenvalue weighted by Gasteiger charge is -2.10. The van der Waals surface area contributed by atoms with Gasteiger partial charge in [-0.15, -0.1) is 0 Å². The number of methoxy groups -OCH3 is 2. The van der Waals surface area contributed by atoms with Crippen LogP contribution in [-0.2, 0) is 21.2 Å². The number of hydrogen-bond donors (Lipinski definition) is 1. The fourth-order valence-corrected chi connectivity index (χ4v) is 3.64. The number of sulfone groups is 1. The Morgan fingerprint density at radius 3 is 2.42 bits per heavy atom. The van der Waals surface area contributed by atoms with Crippen molar-refractivity contribution in [2.24, 2.45) is 0 Å². The van der Waals surface area contributed by atoms with Gasteiger partial charge in [0.25, 0.3) is 0 Å². The lowest BCUT2D eigenvalue weighted by Crippen LogP contribution is -2.25. The van der Waals surface area contributed by atoms with E-state index >= 15 is 0 Å². The van der Waals surface area contributed by atoms with Crippen LogP contribution in [0.5, 0.6) is 11.5 Å². The number of carbonyl (C=O) groups excluding carboxylic acids is 1. The van der Waals surface area contributed by atoms with E-state index in [-0.39, 0.29) is 13.0 Å². The number of hydrogen-bond acceptors (Lipinski definition) is 5. The highest BCUT2D eigenvalue weighted by atomic mass is 32.2. The molecule has 0 saturated heterocycles. The van der Waals surface area contributed by atoms with Crippen LogP contribution in [0.15, 0.2) is 47.4 Å². The van der Waals surface area contributed by atoms with Crippen LogP contribution < -0.4 is 14.8 Å². The maximum absolute atomic E-state index is 13.6. The number of rotatable bonds is 8. The molecular weight excluding hydrogens is 361 g/mol. The summed E-state index contributed by atoms with van der Waals surface area (Å²) in [4.78, 5) is 11.5. The lowest BCUT2D eigenvalue weighted by atomic mass is 10.2. The third-order valence-electron chi connectivity index (χ3n) is 3.71. The normalized spacial score (nSPS) is 11.0. The van der Waals surface area contributed by atoms with Gasteiger partial charge in [-0.25, -0.2) is 12.8 Å². The summed E-state index contributed by atoms with van der Waals surface area (Å²) in [6, 6.07) is 10.3. The van der Waals surface area contributed by atoms with Gasteiger partial charge in [0.05, 0.1) is 20.0 Å². The summed E-state index contributed by atoms with van der Waals surface area (Å²) < 4.78 is 48.2. The van der Waals surface area contributed by atoms with Crippen LogP contribution >= 0.6 is 0 Å². The second-order valence-corrected chi connectivity index (χ2v) is 7.54. The summed E-state index contributed by atoms with van der Waals surface area (Å²) in [5, 5.41) is 2.63. The van der Waals surface area contributed by atoms with E-state index in [2.05, 4.69) is 5.32 Å². The molecule has 2 rings (SSSR count). The first-order valence-electron chi connectivity index (χ1n) is 7.82. The molecule has 0 heterocycles. The molecule has 0 aromatic heterocycles. The van der Waals surface area contributed by atoms with Crippen molar-refractivity contribution in [1.29, 1.82) is 0 Å². The van der Waals surface area contributed by atoms with Gasteiger partial charge in [-0.1, -0.05) is 18.2 Å². The smallest absolute Gasteiger partial charge is 0.221 e. The van der Waals surface area contributed by atoms with Crippen molar-refractivity contribution >= 4 is 15.7 Å². The van der Waals surface area contributed by atoms with E-state index < -0.39 is 32.2 Å². The van der Waals surface area contributed by atoms with Gasteiger partial charge >= 0.3 is 0 Å². The Morgan fingerprint density at radius 2 is 1.77 bits per heavy atom. The van der Waals surface area contributed by atoms with Crippen molar-refractivity contribution < 1.29 is 27.1 Å². The molecule has 6 nitrogen and oxygen atoms in total. The van der Waals surface area contributed by atoms with Crippen molar-refractivity contribution in [3.05, 3.63) is 53.8 Å². The van der Waals surface area contributed by atoms with Crippen LogP contribution in [0.4, 0.5) is 4.39 Å². The van der Waals surface area contributed by atoms with Crippen molar-refractivity contribution in [2.75, 3.05) is 20.0 Å². The second-order valence-electron chi connectivity index (χ2n) is 5.47. The molecule has 0 aliphatic carbocycles. The molecule has 1 N–H and O–H groups in total. The molecule has 0 atom stereocenters. The summed E-state index contributed by atoms with van der Waals surface area (Å²) in [6.45, 7) is 0.207. The average Bonchev–Trinajstić information content (AvgIpc) is 2.64. The third kappa shape index (κ3) is 4.95. The number of benzene rings is 2. The molecule has 0 aliphatic rings. The fraction of sp³-hybridized carbons (Fsp3) is 0.278. The van der Waals surface area contributed by atoms with Gasteiger partial charge in [0.15, 0.2) is 21.3 Å². The summed E-state index contributed by atoms with van der Waals surface area (Å²) in [5.41, 5.74) is 0.771. The molecule has 2 aromatic rings. The van der Waals surface area contributed by atoms with Gasteiger partial charge in [0, 0.05) is 13.0 Å². The molecule has 0 radical (unpaired) electrons. The molecule has 26 heavy (non-hydrogen) atoms. The van der Waals surface area contributed by atoms with Gasteiger partial charge in [0.1, 0.15) is 10.7 Å². The van der Waals surface area contributed by atoms with Crippen LogP contribution in [0, 0.1) is 5.82 Å². The van der Waals surface area contributed by atoms with Gasteiger partial charge in [-0.2, -0.15) is 0 Å². The quantitative estimate of drug-likeness (QED) is 0.759. The van der Waals surface area contributed by atoms with Gasteiger partial charge in [-0.05, 0) is 29.8 Å². The summed E-state index contributed by atoms with van der Waals surface area (Å²) in [6.07, 6.45) is -0.260. The summed E-state index contributed by atoms with van der Waals surface area (Å²) >= 11 is 0. The lowest BCUT2D eigenvalue weighted by molar-refractivity contribution is -0.120. The number of halogens is 1. The maximum atomic E-state index is 13.6. The molecule has 2 aromatic carbocycles. The first kappa shape index (κ1) is 19.7. The Labute approximate surface area is 151 Å². The highest BCUT2D eigenvalue weighted by molar-refractivity contribution is 7.91. The summed E-state index contributed by atoms with van der Waals surface area (Å²) in [5.74, 6) is -0.635. The first-order valence-corrected chi connectivity index (χ1v) is 9.47. The number of nitrogens with one attached hydrogen (secondary N) is 1. The summed E-state index contributed by atoms with van der Waals surface area (Å²) in [7, 11) is -0.830. The van der Waals surface area contributed by atoms with Crippen LogP contribution in [0.1, 0.15) is 12.0 Å². The van der Waals surface area contributed by atoms with E-state index in [9.17, 15) is 17.6 Å². The molecule has 8 heteroatoms. The molecule has 0 saturated carbocycles. The SMILES string of the molecule is COc1ccc(CNC(=O)CCS(=O)(=O)c2ccccc2F)cc1OC. The number of ether oxygens (including phenoxy) is 2. The predicted molar refractivity (Wildman–Crippen MR) is 94.5 cm³/mol. The minimum absolute atomic E-state index is 0.207. The number of amides is 1. The highest BCUT2D eigenvalue weighted by Gasteiger charge is 2.20. The minimum atomic E-state index is -3.86. The molecule has 0 unspecified atom stereocenters. The fourth-order valence-electron chi connectivity index (χ4n) is 2.31. The van der Waals surface area contributed by atoms with Crippen LogP contribution in [0.3, 0.4) is 0 Å². The maximum Gasteiger partial charge on any atom is 0.221 e. The van der Waals surface area contributed by atoms with E-state index in [1.807, 2.05) is 0 Å². The zero-order chi connectivity index (χ0) is 19.2. The Bertz CT molecular complexity index is 883. The molecule has 0 aliphatic heterocycles. The van der Waals surface area contributed by atoms with Gasteiger partial charge in [-0.3, -0.25) is 4.79 Å². The van der Waals surface area contributed by atoms with Crippen LogP contribution in [0.2, 0.25) is 0 Å². The highest BCUT2D eigenvalue weighted by Crippen LogP contribution is 2.27. The van der Waals surface area contributed by atoms with Crippen molar-refractivity contribution in [3.63, 3.8) is 0 Å². The zero-order valence-corrected chi connectivity index (χ0v) is 15.3. The molecule has 0 fully saturated rings. The Kier molecular flexibility index (Phi) is 6.57. The predicted octanol–water partition coefficient (Wildman–Crippen LogP) is 2.32. The minimum Gasteiger partial charge on any atom is -0.493 e. The van der Waals surface area contributed by atoms with E-state index in [1.165, 1.54) is 32.4 Å². The monoisotopic (exact) mass is 381 g/mol. The van der Waals surface area contributed by atoms with E-state index in [0.717, 1.165) is 11.6 Å². The Balaban J connectivity index is 1.92. The molecule has 1 amide bonds. The zero-order valence-electron chi connectivity index (χ0n) is 14.5. The third-order valence-corrected chi connectivity index (χ3v) is 5.45. The standard InChI is InChI=1S/C18H20FNO5S/c1-24-15-8-7-13(11-16(15)25-2)12-20-18(21)9-10-26(22,23)17-6-4-3-5-14(17)19/h3-8,11H,9-10,12H2,1-2H3,(H,20,21). The van der Waals surface area contributed by atoms with Gasteiger partial charge < -0.3 is 14.8 Å². The molecule has 140 valence electrons. The molecule has 0 spiro atoms. The largest absolute Gasteiger partial charge is 0.493 e. The second kappa shape index (κ2) is 8.66. The number of carbonyl (C=O) groups is 1. The van der Waals surface area contributed by atoms with E-state index in [4.69, 9.17) is 9.47 Å². The van der Waals surface area contributed by atoms with E-state index in [1.54, 1.807) is 18.2 Å². The Morgan fingerprint density at radius 1 is 1.08 bits per heavy atom. The first-order chi connectivity index (χ1) is 12.4. The molecule has 0 bridgehead atoms. The topological polar surface area (TPSA) is 81.7 Å². The molecular formula is C18H20FNO5S. The van der Waals surface area contributed by atoms with Gasteiger partial charge in [0.2, 0.25) is 5.91 Å². The Hall–Kier alpha value is -2.61. The average molecular weight is 381 g/mol. The van der Waals surface area contributed by atoms with Crippen LogP contribution in [-0.4, -0.2) is 34.3 Å². The van der Waals surface area contributed by atoms with Crippen molar-refractivity contribution in [3.8, 4) is 11.5 Å². The van der Waals surface area contributed by atoms with Crippen LogP contribution in [0.25, 0.3) is 0 Å².